The van der Waals surface area contributed by atoms with E-state index in [1.165, 1.54) is 38.5 Å². The standard InChI is InChI=1S/C14H23N3OS/c1-10-3-2-4-11(7-10)9-19-14-16-15-13(8-18)17(14)12-5-6-12/h10-12,18H,2-9H2,1H3/t10-,11-/m0/s1. The molecule has 0 aliphatic heterocycles. The van der Waals surface area contributed by atoms with Crippen molar-refractivity contribution in [2.45, 2.75) is 63.3 Å². The average Bonchev–Trinajstić information content (AvgIpc) is 3.17. The van der Waals surface area contributed by atoms with Crippen LogP contribution < -0.4 is 0 Å². The Kier molecular flexibility index (Phi) is 4.12. The van der Waals surface area contributed by atoms with E-state index in [4.69, 9.17) is 0 Å². The molecule has 0 saturated heterocycles. The summed E-state index contributed by atoms with van der Waals surface area (Å²) in [4.78, 5) is 0. The third kappa shape index (κ3) is 3.14. The maximum absolute atomic E-state index is 9.33. The second-order valence-corrected chi connectivity index (χ2v) is 7.09. The number of hydrogen-bond acceptors (Lipinski definition) is 4. The van der Waals surface area contributed by atoms with Crippen molar-refractivity contribution in [2.75, 3.05) is 5.75 Å². The molecule has 0 bridgehead atoms. The molecule has 0 aromatic carbocycles. The molecule has 1 aromatic heterocycles. The Hall–Kier alpha value is -0.550. The topological polar surface area (TPSA) is 50.9 Å². The van der Waals surface area contributed by atoms with Crippen LogP contribution in [0.4, 0.5) is 0 Å². The smallest absolute Gasteiger partial charge is 0.191 e. The lowest BCUT2D eigenvalue weighted by Crippen LogP contribution is -2.15. The maximum atomic E-state index is 9.33. The lowest BCUT2D eigenvalue weighted by molar-refractivity contribution is 0.263. The lowest BCUT2D eigenvalue weighted by atomic mass is 9.83. The van der Waals surface area contributed by atoms with Gasteiger partial charge in [0, 0.05) is 11.8 Å². The molecule has 2 saturated carbocycles. The molecule has 1 N–H and O–H groups in total. The van der Waals surface area contributed by atoms with Crippen LogP contribution >= 0.6 is 11.8 Å². The van der Waals surface area contributed by atoms with Gasteiger partial charge < -0.3 is 9.67 Å². The second-order valence-electron chi connectivity index (χ2n) is 6.11. The third-order valence-electron chi connectivity index (χ3n) is 4.28. The van der Waals surface area contributed by atoms with Gasteiger partial charge in [-0.2, -0.15) is 0 Å². The molecule has 2 atom stereocenters. The Morgan fingerprint density at radius 3 is 2.79 bits per heavy atom. The molecule has 0 unspecified atom stereocenters. The molecule has 2 aliphatic rings. The molecule has 2 fully saturated rings. The van der Waals surface area contributed by atoms with Crippen molar-refractivity contribution in [1.29, 1.82) is 0 Å². The van der Waals surface area contributed by atoms with Gasteiger partial charge in [0.2, 0.25) is 0 Å². The van der Waals surface area contributed by atoms with Gasteiger partial charge in [0.1, 0.15) is 6.61 Å². The summed E-state index contributed by atoms with van der Waals surface area (Å²) in [5.74, 6) is 3.60. The number of aliphatic hydroxyl groups excluding tert-OH is 1. The highest BCUT2D eigenvalue weighted by Gasteiger charge is 2.29. The minimum absolute atomic E-state index is 0.00449. The van der Waals surface area contributed by atoms with Crippen LogP contribution in [-0.4, -0.2) is 25.6 Å². The summed E-state index contributed by atoms with van der Waals surface area (Å²) in [5, 5.41) is 18.7. The summed E-state index contributed by atoms with van der Waals surface area (Å²) < 4.78 is 2.16. The van der Waals surface area contributed by atoms with Gasteiger partial charge in [-0.15, -0.1) is 10.2 Å². The monoisotopic (exact) mass is 281 g/mol. The summed E-state index contributed by atoms with van der Waals surface area (Å²) >= 11 is 1.84. The third-order valence-corrected chi connectivity index (χ3v) is 5.46. The van der Waals surface area contributed by atoms with E-state index < -0.39 is 0 Å². The number of nitrogens with zero attached hydrogens (tertiary/aromatic N) is 3. The first kappa shape index (κ1) is 13.4. The Morgan fingerprint density at radius 2 is 2.11 bits per heavy atom. The van der Waals surface area contributed by atoms with Crippen LogP contribution in [0.1, 0.15) is 57.3 Å². The second kappa shape index (κ2) is 5.83. The van der Waals surface area contributed by atoms with E-state index in [-0.39, 0.29) is 6.61 Å². The number of rotatable bonds is 5. The number of hydrogen-bond donors (Lipinski definition) is 1. The van der Waals surface area contributed by atoms with Crippen LogP contribution in [0.2, 0.25) is 0 Å². The van der Waals surface area contributed by atoms with Crippen molar-refractivity contribution in [1.82, 2.24) is 14.8 Å². The minimum Gasteiger partial charge on any atom is -0.388 e. The van der Waals surface area contributed by atoms with Gasteiger partial charge in [-0.1, -0.05) is 31.5 Å². The molecule has 1 heterocycles. The Bertz CT molecular complexity index is 430. The van der Waals surface area contributed by atoms with Crippen LogP contribution in [0.5, 0.6) is 0 Å². The first-order valence-electron chi connectivity index (χ1n) is 7.45. The molecule has 19 heavy (non-hydrogen) atoms. The van der Waals surface area contributed by atoms with Crippen molar-refractivity contribution in [3.05, 3.63) is 5.82 Å². The summed E-state index contributed by atoms with van der Waals surface area (Å²) in [5.41, 5.74) is 0. The molecule has 1 aromatic rings. The molecule has 106 valence electrons. The van der Waals surface area contributed by atoms with E-state index in [2.05, 4.69) is 21.7 Å². The molecule has 0 amide bonds. The fourth-order valence-corrected chi connectivity index (χ4v) is 4.30. The van der Waals surface area contributed by atoms with E-state index in [1.54, 1.807) is 0 Å². The Balaban J connectivity index is 1.61. The van der Waals surface area contributed by atoms with E-state index in [1.807, 2.05) is 11.8 Å². The zero-order valence-corrected chi connectivity index (χ0v) is 12.4. The number of aromatic nitrogens is 3. The van der Waals surface area contributed by atoms with Crippen molar-refractivity contribution in [3.8, 4) is 0 Å². The lowest BCUT2D eigenvalue weighted by Gasteiger charge is -2.26. The number of thioether (sulfide) groups is 1. The molecule has 5 heteroatoms. The van der Waals surface area contributed by atoms with Crippen LogP contribution in [-0.2, 0) is 6.61 Å². The summed E-state index contributed by atoms with van der Waals surface area (Å²) in [6, 6.07) is 0.546. The molecule has 4 nitrogen and oxygen atoms in total. The normalized spacial score (nSPS) is 27.7. The maximum Gasteiger partial charge on any atom is 0.191 e. The van der Waals surface area contributed by atoms with Crippen LogP contribution in [0.3, 0.4) is 0 Å². The summed E-state index contributed by atoms with van der Waals surface area (Å²) in [6.45, 7) is 2.37. The van der Waals surface area contributed by atoms with Crippen LogP contribution in [0.25, 0.3) is 0 Å². The fraction of sp³-hybridized carbons (Fsp3) is 0.857. The van der Waals surface area contributed by atoms with Gasteiger partial charge in [0.25, 0.3) is 0 Å². The van der Waals surface area contributed by atoms with Crippen molar-refractivity contribution >= 4 is 11.8 Å². The predicted octanol–water partition coefficient (Wildman–Crippen LogP) is 3.02. The van der Waals surface area contributed by atoms with E-state index in [9.17, 15) is 5.11 Å². The fourth-order valence-electron chi connectivity index (χ4n) is 3.12. The Labute approximate surface area is 119 Å². The van der Waals surface area contributed by atoms with Crippen LogP contribution in [0, 0.1) is 11.8 Å². The highest BCUT2D eigenvalue weighted by molar-refractivity contribution is 7.99. The first-order chi connectivity index (χ1) is 9.28. The zero-order chi connectivity index (χ0) is 13.2. The van der Waals surface area contributed by atoms with Crippen molar-refractivity contribution in [2.24, 2.45) is 11.8 Å². The molecular weight excluding hydrogens is 258 g/mol. The van der Waals surface area contributed by atoms with Crippen molar-refractivity contribution < 1.29 is 5.11 Å². The van der Waals surface area contributed by atoms with Gasteiger partial charge in [-0.05, 0) is 37.5 Å². The Morgan fingerprint density at radius 1 is 1.26 bits per heavy atom. The van der Waals surface area contributed by atoms with Gasteiger partial charge >= 0.3 is 0 Å². The summed E-state index contributed by atoms with van der Waals surface area (Å²) in [7, 11) is 0. The highest BCUT2D eigenvalue weighted by atomic mass is 32.2. The molecule has 0 spiro atoms. The van der Waals surface area contributed by atoms with E-state index in [0.717, 1.165) is 28.6 Å². The molecule has 3 rings (SSSR count). The van der Waals surface area contributed by atoms with Gasteiger partial charge in [0.05, 0.1) is 0 Å². The van der Waals surface area contributed by atoms with Crippen molar-refractivity contribution in [3.63, 3.8) is 0 Å². The first-order valence-corrected chi connectivity index (χ1v) is 8.44. The molecule has 0 radical (unpaired) electrons. The van der Waals surface area contributed by atoms with Crippen LogP contribution in [0.15, 0.2) is 5.16 Å². The predicted molar refractivity (Wildman–Crippen MR) is 76.1 cm³/mol. The van der Waals surface area contributed by atoms with E-state index in [0.29, 0.717) is 6.04 Å². The minimum atomic E-state index is 0.00449. The van der Waals surface area contributed by atoms with Gasteiger partial charge in [-0.3, -0.25) is 0 Å². The number of aliphatic hydroxyl groups is 1. The zero-order valence-electron chi connectivity index (χ0n) is 11.6. The quantitative estimate of drug-likeness (QED) is 0.843. The molecule has 2 aliphatic carbocycles. The van der Waals surface area contributed by atoms with Gasteiger partial charge in [-0.25, -0.2) is 0 Å². The SMILES string of the molecule is C[C@H]1CCC[C@H](CSc2nnc(CO)n2C2CC2)C1. The van der Waals surface area contributed by atoms with Gasteiger partial charge in [0.15, 0.2) is 11.0 Å². The largest absolute Gasteiger partial charge is 0.388 e. The molecular formula is C14H23N3OS. The summed E-state index contributed by atoms with van der Waals surface area (Å²) in [6.07, 6.45) is 7.91. The average molecular weight is 281 g/mol. The highest BCUT2D eigenvalue weighted by Crippen LogP contribution is 2.40. The van der Waals surface area contributed by atoms with E-state index >= 15 is 0 Å².